The maximum atomic E-state index is 10.8. The Balaban J connectivity index is 1.36. The highest BCUT2D eigenvalue weighted by molar-refractivity contribution is 5.46. The standard InChI is InChI=1S/C18H28N4O/c1-14-7-19-13-20-17(14)22-10-15-8-21(9-16(15)11-22)12-18(23)5-3-2-4-6-18/h7,13,15-16,23H,2-6,8-12H2,1H3. The summed E-state index contributed by atoms with van der Waals surface area (Å²) in [5.41, 5.74) is 0.751. The maximum absolute atomic E-state index is 10.8. The average molecular weight is 316 g/mol. The second-order valence-electron chi connectivity index (χ2n) is 7.93. The highest BCUT2D eigenvalue weighted by atomic mass is 16.3. The number of likely N-dealkylation sites (tertiary alicyclic amines) is 1. The molecule has 5 nitrogen and oxygen atoms in total. The van der Waals surface area contributed by atoms with Crippen molar-refractivity contribution in [1.82, 2.24) is 14.9 Å². The topological polar surface area (TPSA) is 52.5 Å². The van der Waals surface area contributed by atoms with E-state index in [1.54, 1.807) is 6.33 Å². The molecule has 23 heavy (non-hydrogen) atoms. The van der Waals surface area contributed by atoms with Gasteiger partial charge in [-0.25, -0.2) is 9.97 Å². The molecule has 3 fully saturated rings. The van der Waals surface area contributed by atoms with Gasteiger partial charge in [-0.15, -0.1) is 0 Å². The Morgan fingerprint density at radius 2 is 1.83 bits per heavy atom. The molecule has 3 heterocycles. The highest BCUT2D eigenvalue weighted by Crippen LogP contribution is 2.36. The third kappa shape index (κ3) is 3.09. The number of fused-ring (bicyclic) bond motifs is 1. The van der Waals surface area contributed by atoms with Gasteiger partial charge in [-0.05, 0) is 31.6 Å². The minimum Gasteiger partial charge on any atom is -0.389 e. The smallest absolute Gasteiger partial charge is 0.134 e. The molecular weight excluding hydrogens is 288 g/mol. The number of aryl methyl sites for hydroxylation is 1. The van der Waals surface area contributed by atoms with Crippen molar-refractivity contribution < 1.29 is 5.11 Å². The van der Waals surface area contributed by atoms with Crippen LogP contribution in [0.25, 0.3) is 0 Å². The molecule has 126 valence electrons. The maximum Gasteiger partial charge on any atom is 0.134 e. The summed E-state index contributed by atoms with van der Waals surface area (Å²) in [6.07, 6.45) is 9.22. The zero-order chi connectivity index (χ0) is 15.9. The third-order valence-electron chi connectivity index (χ3n) is 6.03. The number of hydrogen-bond donors (Lipinski definition) is 1. The Hall–Kier alpha value is -1.20. The lowest BCUT2D eigenvalue weighted by Gasteiger charge is -2.36. The third-order valence-corrected chi connectivity index (χ3v) is 6.03. The monoisotopic (exact) mass is 316 g/mol. The van der Waals surface area contributed by atoms with Crippen LogP contribution in [0.5, 0.6) is 0 Å². The number of anilines is 1. The molecule has 0 aromatic carbocycles. The van der Waals surface area contributed by atoms with Gasteiger partial charge in [0.25, 0.3) is 0 Å². The highest BCUT2D eigenvalue weighted by Gasteiger charge is 2.43. The number of β-amino-alcohol motifs (C(OH)–C–C–N with tert-alkyl or cyclic N) is 1. The fraction of sp³-hybridized carbons (Fsp3) is 0.778. The molecule has 2 saturated heterocycles. The summed E-state index contributed by atoms with van der Waals surface area (Å²) in [6, 6.07) is 0. The van der Waals surface area contributed by atoms with Crippen LogP contribution in [-0.2, 0) is 0 Å². The Bertz CT molecular complexity index is 544. The van der Waals surface area contributed by atoms with Gasteiger partial charge >= 0.3 is 0 Å². The van der Waals surface area contributed by atoms with Gasteiger partial charge in [0.1, 0.15) is 12.1 Å². The lowest BCUT2D eigenvalue weighted by Crippen LogP contribution is -2.44. The normalized spacial score (nSPS) is 30.6. The van der Waals surface area contributed by atoms with Crippen LogP contribution < -0.4 is 4.90 Å². The first kappa shape index (κ1) is 15.3. The van der Waals surface area contributed by atoms with Crippen LogP contribution in [0.4, 0.5) is 5.82 Å². The van der Waals surface area contributed by atoms with Crippen LogP contribution in [0.3, 0.4) is 0 Å². The number of nitrogens with zero attached hydrogens (tertiary/aromatic N) is 4. The predicted molar refractivity (Wildman–Crippen MR) is 90.4 cm³/mol. The molecule has 5 heteroatoms. The predicted octanol–water partition coefficient (Wildman–Crippen LogP) is 1.85. The van der Waals surface area contributed by atoms with Crippen molar-refractivity contribution in [3.8, 4) is 0 Å². The largest absolute Gasteiger partial charge is 0.389 e. The molecule has 1 aliphatic carbocycles. The van der Waals surface area contributed by atoms with E-state index < -0.39 is 5.60 Å². The van der Waals surface area contributed by atoms with Crippen LogP contribution >= 0.6 is 0 Å². The molecule has 3 aliphatic rings. The fourth-order valence-corrected chi connectivity index (χ4v) is 4.90. The SMILES string of the molecule is Cc1cncnc1N1CC2CN(CC3(O)CCCCC3)CC2C1. The van der Waals surface area contributed by atoms with Crippen molar-refractivity contribution in [2.24, 2.45) is 11.8 Å². The molecule has 0 bridgehead atoms. The summed E-state index contributed by atoms with van der Waals surface area (Å²) >= 11 is 0. The van der Waals surface area contributed by atoms with Gasteiger partial charge in [0.15, 0.2) is 0 Å². The van der Waals surface area contributed by atoms with Crippen molar-refractivity contribution in [2.45, 2.75) is 44.6 Å². The zero-order valence-electron chi connectivity index (χ0n) is 14.1. The molecule has 4 rings (SSSR count). The first-order valence-corrected chi connectivity index (χ1v) is 9.09. The van der Waals surface area contributed by atoms with Gasteiger partial charge in [-0.3, -0.25) is 4.90 Å². The van der Waals surface area contributed by atoms with Crippen molar-refractivity contribution in [3.05, 3.63) is 18.1 Å². The summed E-state index contributed by atoms with van der Waals surface area (Å²) in [6.45, 7) is 7.43. The molecule has 2 aliphatic heterocycles. The van der Waals surface area contributed by atoms with Gasteiger partial charge in [0, 0.05) is 44.5 Å². The minimum atomic E-state index is -0.417. The van der Waals surface area contributed by atoms with Crippen molar-refractivity contribution >= 4 is 5.82 Å². The van der Waals surface area contributed by atoms with E-state index in [1.165, 1.54) is 24.8 Å². The molecule has 0 radical (unpaired) electrons. The minimum absolute atomic E-state index is 0.417. The molecule has 1 saturated carbocycles. The number of aromatic nitrogens is 2. The molecule has 0 spiro atoms. The summed E-state index contributed by atoms with van der Waals surface area (Å²) in [4.78, 5) is 13.5. The molecule has 2 unspecified atom stereocenters. The van der Waals surface area contributed by atoms with Crippen LogP contribution in [-0.4, -0.2) is 58.3 Å². The van der Waals surface area contributed by atoms with E-state index in [2.05, 4.69) is 26.7 Å². The van der Waals surface area contributed by atoms with E-state index in [0.717, 1.165) is 63.2 Å². The average Bonchev–Trinajstić information content (AvgIpc) is 3.06. The lowest BCUT2D eigenvalue weighted by molar-refractivity contribution is -0.0226. The quantitative estimate of drug-likeness (QED) is 0.922. The van der Waals surface area contributed by atoms with Gasteiger partial charge in [-0.2, -0.15) is 0 Å². The van der Waals surface area contributed by atoms with E-state index >= 15 is 0 Å². The van der Waals surface area contributed by atoms with Crippen molar-refractivity contribution in [2.75, 3.05) is 37.6 Å². The van der Waals surface area contributed by atoms with E-state index in [4.69, 9.17) is 0 Å². The molecule has 2 atom stereocenters. The Kier molecular flexibility index (Phi) is 4.01. The van der Waals surface area contributed by atoms with Gasteiger partial charge < -0.3 is 10.0 Å². The Morgan fingerprint density at radius 1 is 1.13 bits per heavy atom. The lowest BCUT2D eigenvalue weighted by atomic mass is 9.84. The van der Waals surface area contributed by atoms with Crippen LogP contribution in [0.15, 0.2) is 12.5 Å². The van der Waals surface area contributed by atoms with Crippen LogP contribution in [0.1, 0.15) is 37.7 Å². The van der Waals surface area contributed by atoms with E-state index in [0.29, 0.717) is 0 Å². The Morgan fingerprint density at radius 3 is 2.48 bits per heavy atom. The van der Waals surface area contributed by atoms with Crippen molar-refractivity contribution in [3.63, 3.8) is 0 Å². The molecular formula is C18H28N4O. The summed E-state index contributed by atoms with van der Waals surface area (Å²) in [5, 5.41) is 10.8. The zero-order valence-corrected chi connectivity index (χ0v) is 14.1. The van der Waals surface area contributed by atoms with E-state index in [-0.39, 0.29) is 0 Å². The second-order valence-corrected chi connectivity index (χ2v) is 7.93. The molecule has 1 N–H and O–H groups in total. The Labute approximate surface area is 138 Å². The van der Waals surface area contributed by atoms with Crippen LogP contribution in [0.2, 0.25) is 0 Å². The van der Waals surface area contributed by atoms with Gasteiger partial charge in [-0.1, -0.05) is 19.3 Å². The molecule has 0 amide bonds. The second kappa shape index (κ2) is 6.02. The summed E-state index contributed by atoms with van der Waals surface area (Å²) < 4.78 is 0. The van der Waals surface area contributed by atoms with E-state index in [9.17, 15) is 5.11 Å². The number of hydrogen-bond acceptors (Lipinski definition) is 5. The fourth-order valence-electron chi connectivity index (χ4n) is 4.90. The summed E-state index contributed by atoms with van der Waals surface area (Å²) in [5.74, 6) is 2.54. The number of aliphatic hydroxyl groups is 1. The molecule has 1 aromatic heterocycles. The van der Waals surface area contributed by atoms with Crippen molar-refractivity contribution in [1.29, 1.82) is 0 Å². The first-order valence-electron chi connectivity index (χ1n) is 9.09. The molecule has 1 aromatic rings. The van der Waals surface area contributed by atoms with Gasteiger partial charge in [0.2, 0.25) is 0 Å². The van der Waals surface area contributed by atoms with E-state index in [1.807, 2.05) is 6.20 Å². The first-order chi connectivity index (χ1) is 11.1. The van der Waals surface area contributed by atoms with Crippen LogP contribution in [0, 0.1) is 18.8 Å². The van der Waals surface area contributed by atoms with Gasteiger partial charge in [0.05, 0.1) is 5.60 Å². The summed E-state index contributed by atoms with van der Waals surface area (Å²) in [7, 11) is 0. The number of rotatable bonds is 3.